The first-order valence-electron chi connectivity index (χ1n) is 13.7. The molecule has 228 valence electrons. The van der Waals surface area contributed by atoms with E-state index in [0.29, 0.717) is 27.2 Å². The standard InChI is InChI=1S/C33H27N3O7S2/c1-41-24-14-12-20(16-26(24)43-3)29(38)27-28(19-11-13-23(37)25(15-19)42-2)36(31(40)30(27)39)32-34-35-33(45-32)44-17-21-9-6-8-18-7-4-5-10-22(18)21/h4-16,28,37-38H,17H2,1-3H3/b29-27+. The number of ketones is 1. The first kappa shape index (κ1) is 30.0. The van der Waals surface area contributed by atoms with Gasteiger partial charge < -0.3 is 24.4 Å². The van der Waals surface area contributed by atoms with Gasteiger partial charge in [-0.1, -0.05) is 71.6 Å². The first-order valence-corrected chi connectivity index (χ1v) is 15.5. The number of aliphatic hydroxyl groups excluding tert-OH is 1. The number of phenols is 1. The van der Waals surface area contributed by atoms with Crippen LogP contribution in [0.1, 0.15) is 22.7 Å². The van der Waals surface area contributed by atoms with Crippen LogP contribution in [0.2, 0.25) is 0 Å². The summed E-state index contributed by atoms with van der Waals surface area (Å²) in [5.74, 6) is -0.812. The van der Waals surface area contributed by atoms with Crippen LogP contribution in [0.15, 0.2) is 88.8 Å². The third kappa shape index (κ3) is 5.54. The number of amides is 1. The normalized spacial score (nSPS) is 15.9. The summed E-state index contributed by atoms with van der Waals surface area (Å²) in [6.07, 6.45) is 0. The molecule has 0 spiro atoms. The highest BCUT2D eigenvalue weighted by Gasteiger charge is 2.48. The number of aromatic hydroxyl groups is 1. The molecule has 4 aromatic carbocycles. The van der Waals surface area contributed by atoms with Crippen LogP contribution in [0.4, 0.5) is 5.13 Å². The van der Waals surface area contributed by atoms with E-state index in [9.17, 15) is 19.8 Å². The predicted molar refractivity (Wildman–Crippen MR) is 172 cm³/mol. The maximum absolute atomic E-state index is 13.7. The molecule has 1 saturated heterocycles. The molecule has 0 aliphatic carbocycles. The SMILES string of the molecule is COc1cc(C2/C(=C(\O)c3ccc(OC)c(OC)c3)C(=O)C(=O)N2c2nnc(SCc3cccc4ccccc34)s2)ccc1O. The Balaban J connectivity index is 1.41. The minimum absolute atomic E-state index is 0.124. The van der Waals surface area contributed by atoms with Crippen molar-refractivity contribution >= 4 is 56.5 Å². The van der Waals surface area contributed by atoms with Crippen molar-refractivity contribution in [3.8, 4) is 23.0 Å². The van der Waals surface area contributed by atoms with Gasteiger partial charge in [0, 0.05) is 11.3 Å². The number of benzene rings is 4. The molecule has 6 rings (SSSR count). The van der Waals surface area contributed by atoms with Crippen molar-refractivity contribution in [2.24, 2.45) is 0 Å². The van der Waals surface area contributed by atoms with Gasteiger partial charge in [-0.25, -0.2) is 0 Å². The van der Waals surface area contributed by atoms with Crippen LogP contribution >= 0.6 is 23.1 Å². The third-order valence-corrected chi connectivity index (χ3v) is 9.56. The summed E-state index contributed by atoms with van der Waals surface area (Å²) < 4.78 is 16.6. The summed E-state index contributed by atoms with van der Waals surface area (Å²) in [4.78, 5) is 28.5. The Labute approximate surface area is 266 Å². The van der Waals surface area contributed by atoms with E-state index in [-0.39, 0.29) is 27.8 Å². The van der Waals surface area contributed by atoms with Crippen LogP contribution in [-0.4, -0.2) is 53.4 Å². The van der Waals surface area contributed by atoms with E-state index in [4.69, 9.17) is 14.2 Å². The molecular weight excluding hydrogens is 615 g/mol. The first-order chi connectivity index (χ1) is 21.8. The van der Waals surface area contributed by atoms with Crippen molar-refractivity contribution in [2.45, 2.75) is 16.1 Å². The number of carbonyl (C=O) groups is 2. The predicted octanol–water partition coefficient (Wildman–Crippen LogP) is 6.34. The molecular formula is C33H27N3O7S2. The van der Waals surface area contributed by atoms with Gasteiger partial charge in [-0.15, -0.1) is 10.2 Å². The summed E-state index contributed by atoms with van der Waals surface area (Å²) in [7, 11) is 4.33. The molecule has 1 aliphatic rings. The van der Waals surface area contributed by atoms with Gasteiger partial charge in [-0.2, -0.15) is 0 Å². The van der Waals surface area contributed by atoms with E-state index in [0.717, 1.165) is 27.7 Å². The molecule has 1 atom stereocenters. The third-order valence-electron chi connectivity index (χ3n) is 7.45. The quantitative estimate of drug-likeness (QED) is 0.0618. The maximum Gasteiger partial charge on any atom is 0.301 e. The summed E-state index contributed by atoms with van der Waals surface area (Å²) in [6, 6.07) is 22.3. The summed E-state index contributed by atoms with van der Waals surface area (Å²) in [5, 5.41) is 32.9. The van der Waals surface area contributed by atoms with Crippen molar-refractivity contribution in [3.05, 3.63) is 101 Å². The Bertz CT molecular complexity index is 1970. The number of carbonyl (C=O) groups excluding carboxylic acids is 2. The Morgan fingerprint density at radius 1 is 0.889 bits per heavy atom. The highest BCUT2D eigenvalue weighted by Crippen LogP contribution is 2.46. The highest BCUT2D eigenvalue weighted by atomic mass is 32.2. The fraction of sp³-hybridized carbons (Fsp3) is 0.152. The van der Waals surface area contributed by atoms with Gasteiger partial charge in [0.15, 0.2) is 27.3 Å². The second-order valence-corrected chi connectivity index (χ2v) is 12.1. The number of aliphatic hydroxyl groups is 1. The molecule has 45 heavy (non-hydrogen) atoms. The van der Waals surface area contributed by atoms with Crippen LogP contribution in [-0.2, 0) is 15.3 Å². The zero-order valence-corrected chi connectivity index (χ0v) is 26.0. The highest BCUT2D eigenvalue weighted by molar-refractivity contribution is 8.00. The summed E-state index contributed by atoms with van der Waals surface area (Å²) in [5.41, 5.74) is 1.61. The molecule has 1 amide bonds. The lowest BCUT2D eigenvalue weighted by atomic mass is 9.95. The zero-order valence-electron chi connectivity index (χ0n) is 24.4. The maximum atomic E-state index is 13.7. The molecule has 2 N–H and O–H groups in total. The number of fused-ring (bicyclic) bond motifs is 1. The average Bonchev–Trinajstić information content (AvgIpc) is 3.64. The number of hydrogen-bond acceptors (Lipinski definition) is 11. The number of methoxy groups -OCH3 is 3. The molecule has 1 aromatic heterocycles. The number of thioether (sulfide) groups is 1. The van der Waals surface area contributed by atoms with E-state index in [1.807, 2.05) is 18.2 Å². The summed E-state index contributed by atoms with van der Waals surface area (Å²) in [6.45, 7) is 0. The van der Waals surface area contributed by atoms with Crippen LogP contribution < -0.4 is 19.1 Å². The van der Waals surface area contributed by atoms with Crippen molar-refractivity contribution in [3.63, 3.8) is 0 Å². The van der Waals surface area contributed by atoms with Crippen molar-refractivity contribution < 1.29 is 34.0 Å². The topological polar surface area (TPSA) is 131 Å². The Morgan fingerprint density at radius 3 is 2.42 bits per heavy atom. The van der Waals surface area contributed by atoms with Crippen LogP contribution in [0.5, 0.6) is 23.0 Å². The number of rotatable bonds is 9. The number of anilines is 1. The lowest BCUT2D eigenvalue weighted by molar-refractivity contribution is -0.132. The van der Waals surface area contributed by atoms with Gasteiger partial charge in [0.25, 0.3) is 5.78 Å². The smallest absolute Gasteiger partial charge is 0.301 e. The lowest BCUT2D eigenvalue weighted by Gasteiger charge is -2.23. The van der Waals surface area contributed by atoms with Crippen molar-refractivity contribution in [1.29, 1.82) is 0 Å². The second-order valence-electron chi connectivity index (χ2n) is 9.95. The molecule has 2 heterocycles. The minimum Gasteiger partial charge on any atom is -0.507 e. The number of nitrogens with zero attached hydrogens (tertiary/aromatic N) is 3. The van der Waals surface area contributed by atoms with Crippen LogP contribution in [0, 0.1) is 0 Å². The molecule has 1 fully saturated rings. The van der Waals surface area contributed by atoms with Crippen molar-refractivity contribution in [1.82, 2.24) is 10.2 Å². The van der Waals surface area contributed by atoms with E-state index < -0.39 is 23.5 Å². The van der Waals surface area contributed by atoms with Crippen LogP contribution in [0.25, 0.3) is 16.5 Å². The monoisotopic (exact) mass is 641 g/mol. The van der Waals surface area contributed by atoms with Gasteiger partial charge in [-0.3, -0.25) is 14.5 Å². The molecule has 0 bridgehead atoms. The van der Waals surface area contributed by atoms with E-state index in [2.05, 4.69) is 34.5 Å². The largest absolute Gasteiger partial charge is 0.507 e. The lowest BCUT2D eigenvalue weighted by Crippen LogP contribution is -2.29. The Morgan fingerprint density at radius 2 is 1.64 bits per heavy atom. The number of Topliss-reactive ketones (excluding diaryl/α,β-unsaturated/α-hetero) is 1. The molecule has 1 aliphatic heterocycles. The Hall–Kier alpha value is -5.07. The number of aromatic nitrogens is 2. The number of phenolic OH excluding ortho intramolecular Hbond substituents is 1. The zero-order chi connectivity index (χ0) is 31.7. The summed E-state index contributed by atoms with van der Waals surface area (Å²) >= 11 is 2.63. The van der Waals surface area contributed by atoms with Gasteiger partial charge in [-0.05, 0) is 52.2 Å². The average molecular weight is 642 g/mol. The molecule has 1 unspecified atom stereocenters. The fourth-order valence-corrected chi connectivity index (χ4v) is 7.14. The second kappa shape index (κ2) is 12.5. The van der Waals surface area contributed by atoms with E-state index in [1.54, 1.807) is 18.2 Å². The van der Waals surface area contributed by atoms with Gasteiger partial charge >= 0.3 is 5.91 Å². The van der Waals surface area contributed by atoms with Gasteiger partial charge in [0.2, 0.25) is 5.13 Å². The molecule has 5 aromatic rings. The van der Waals surface area contributed by atoms with E-state index >= 15 is 0 Å². The van der Waals surface area contributed by atoms with Crippen molar-refractivity contribution in [2.75, 3.05) is 26.2 Å². The van der Waals surface area contributed by atoms with E-state index in [1.165, 1.54) is 56.2 Å². The molecule has 10 nitrogen and oxygen atoms in total. The minimum atomic E-state index is -1.10. The van der Waals surface area contributed by atoms with Gasteiger partial charge in [0.05, 0.1) is 32.9 Å². The molecule has 12 heteroatoms. The van der Waals surface area contributed by atoms with Gasteiger partial charge in [0.1, 0.15) is 5.76 Å². The number of hydrogen-bond donors (Lipinski definition) is 2. The van der Waals surface area contributed by atoms with Crippen LogP contribution in [0.3, 0.4) is 0 Å². The number of ether oxygens (including phenoxy) is 3. The molecule has 0 radical (unpaired) electrons. The Kier molecular flexibility index (Phi) is 8.33. The fourth-order valence-electron chi connectivity index (χ4n) is 5.26. The molecule has 0 saturated carbocycles.